The van der Waals surface area contributed by atoms with Crippen LogP contribution in [-0.4, -0.2) is 18.2 Å². The van der Waals surface area contributed by atoms with Crippen LogP contribution in [0, 0.1) is 11.6 Å². The summed E-state index contributed by atoms with van der Waals surface area (Å²) in [4.78, 5) is 11.3. The molecule has 0 aliphatic heterocycles. The average Bonchev–Trinajstić information content (AvgIpc) is 2.56. The van der Waals surface area contributed by atoms with Crippen LogP contribution in [0.15, 0.2) is 42.5 Å². The zero-order valence-electron chi connectivity index (χ0n) is 12.2. The van der Waals surface area contributed by atoms with Gasteiger partial charge in [0.2, 0.25) is 0 Å². The topological polar surface area (TPSA) is 46.5 Å². The minimum Gasteiger partial charge on any atom is -0.497 e. The summed E-state index contributed by atoms with van der Waals surface area (Å²) in [6.45, 7) is 0. The van der Waals surface area contributed by atoms with E-state index in [1.807, 2.05) is 0 Å². The number of hydrogen-bond donors (Lipinski definition) is 1. The van der Waals surface area contributed by atoms with E-state index in [-0.39, 0.29) is 5.75 Å². The SMILES string of the molecule is COc1cccc(C(F)(C(=O)O)C(F)(F)c2cccc(F)c2F)c1. The molecule has 128 valence electrons. The van der Waals surface area contributed by atoms with Crippen molar-refractivity contribution in [3.05, 3.63) is 65.2 Å². The highest BCUT2D eigenvalue weighted by Crippen LogP contribution is 2.50. The van der Waals surface area contributed by atoms with E-state index in [4.69, 9.17) is 9.84 Å². The lowest BCUT2D eigenvalue weighted by Gasteiger charge is -2.31. The van der Waals surface area contributed by atoms with Crippen molar-refractivity contribution in [1.82, 2.24) is 0 Å². The number of aliphatic carboxylic acids is 1. The Balaban J connectivity index is 2.72. The Kier molecular flexibility index (Phi) is 4.50. The van der Waals surface area contributed by atoms with Gasteiger partial charge in [-0.15, -0.1) is 0 Å². The third-order valence-electron chi connectivity index (χ3n) is 3.48. The van der Waals surface area contributed by atoms with Crippen molar-refractivity contribution in [2.75, 3.05) is 7.11 Å². The largest absolute Gasteiger partial charge is 0.497 e. The minimum absolute atomic E-state index is 0.0775. The number of halogens is 5. The number of hydrogen-bond acceptors (Lipinski definition) is 2. The van der Waals surface area contributed by atoms with Crippen molar-refractivity contribution in [1.29, 1.82) is 0 Å². The molecule has 0 aliphatic carbocycles. The predicted octanol–water partition coefficient (Wildman–Crippen LogP) is 4.01. The molecule has 0 spiro atoms. The molecule has 3 nitrogen and oxygen atoms in total. The molecule has 2 aromatic carbocycles. The maximum Gasteiger partial charge on any atom is 0.353 e. The fourth-order valence-electron chi connectivity index (χ4n) is 2.21. The smallest absolute Gasteiger partial charge is 0.353 e. The van der Waals surface area contributed by atoms with Gasteiger partial charge in [-0.1, -0.05) is 18.2 Å². The first-order chi connectivity index (χ1) is 11.2. The van der Waals surface area contributed by atoms with Gasteiger partial charge < -0.3 is 9.84 Å². The van der Waals surface area contributed by atoms with Crippen LogP contribution in [0.2, 0.25) is 0 Å². The van der Waals surface area contributed by atoms with Crippen LogP contribution < -0.4 is 4.74 Å². The molecule has 2 rings (SSSR count). The van der Waals surface area contributed by atoms with Gasteiger partial charge in [0.05, 0.1) is 12.7 Å². The van der Waals surface area contributed by atoms with Crippen molar-refractivity contribution in [3.63, 3.8) is 0 Å². The van der Waals surface area contributed by atoms with Crippen LogP contribution in [-0.2, 0) is 16.4 Å². The summed E-state index contributed by atoms with van der Waals surface area (Å²) in [7, 11) is 1.17. The summed E-state index contributed by atoms with van der Waals surface area (Å²) in [6.07, 6.45) is 0. The number of carboxylic acids is 1. The van der Waals surface area contributed by atoms with E-state index in [0.29, 0.717) is 12.1 Å². The molecular weight excluding hydrogens is 335 g/mol. The van der Waals surface area contributed by atoms with Gasteiger partial charge in [0.1, 0.15) is 5.75 Å². The van der Waals surface area contributed by atoms with E-state index in [9.17, 15) is 22.4 Å². The number of methoxy groups -OCH3 is 1. The lowest BCUT2D eigenvalue weighted by molar-refractivity contribution is -0.192. The number of carbonyl (C=O) groups is 1. The van der Waals surface area contributed by atoms with Gasteiger partial charge in [-0.2, -0.15) is 8.78 Å². The average molecular weight is 346 g/mol. The number of alkyl halides is 3. The molecule has 0 fully saturated rings. The van der Waals surface area contributed by atoms with Gasteiger partial charge in [-0.05, 0) is 24.3 Å². The molecule has 0 radical (unpaired) electrons. The first kappa shape index (κ1) is 17.7. The van der Waals surface area contributed by atoms with E-state index < -0.39 is 40.3 Å². The van der Waals surface area contributed by atoms with Crippen LogP contribution in [0.25, 0.3) is 0 Å². The summed E-state index contributed by atoms with van der Waals surface area (Å²) in [5.41, 5.74) is -7.01. The lowest BCUT2D eigenvalue weighted by Crippen LogP contribution is -2.46. The maximum atomic E-state index is 15.0. The Morgan fingerprint density at radius 3 is 2.29 bits per heavy atom. The third kappa shape index (κ3) is 2.57. The summed E-state index contributed by atoms with van der Waals surface area (Å²) in [5.74, 6) is -11.2. The summed E-state index contributed by atoms with van der Waals surface area (Å²) in [5, 5.41) is 9.09. The lowest BCUT2D eigenvalue weighted by atomic mass is 9.84. The molecular formula is C16H11F5O3. The van der Waals surface area contributed by atoms with Gasteiger partial charge >= 0.3 is 11.9 Å². The van der Waals surface area contributed by atoms with Crippen LogP contribution >= 0.6 is 0 Å². The van der Waals surface area contributed by atoms with Crippen molar-refractivity contribution in [3.8, 4) is 5.75 Å². The Morgan fingerprint density at radius 2 is 1.71 bits per heavy atom. The zero-order chi connectivity index (χ0) is 18.1. The summed E-state index contributed by atoms with van der Waals surface area (Å²) >= 11 is 0. The van der Waals surface area contributed by atoms with Gasteiger partial charge in [0.25, 0.3) is 5.67 Å². The molecule has 0 heterocycles. The Labute approximate surface area is 133 Å². The van der Waals surface area contributed by atoms with E-state index >= 15 is 4.39 Å². The third-order valence-corrected chi connectivity index (χ3v) is 3.48. The van der Waals surface area contributed by atoms with E-state index in [2.05, 4.69) is 0 Å². The predicted molar refractivity (Wildman–Crippen MR) is 73.7 cm³/mol. The second-order valence-electron chi connectivity index (χ2n) is 4.87. The highest BCUT2D eigenvalue weighted by molar-refractivity contribution is 5.81. The molecule has 0 amide bonds. The summed E-state index contributed by atoms with van der Waals surface area (Å²) < 4.78 is 76.0. The number of ether oxygens (including phenoxy) is 1. The molecule has 24 heavy (non-hydrogen) atoms. The van der Waals surface area contributed by atoms with Crippen molar-refractivity contribution >= 4 is 5.97 Å². The second kappa shape index (κ2) is 6.10. The standard InChI is InChI=1S/C16H11F5O3/c1-24-10-5-2-4-9(8-10)15(19,14(22)23)16(20,21)11-6-3-7-12(17)13(11)18/h2-8H,1H3,(H,22,23). The zero-order valence-corrected chi connectivity index (χ0v) is 12.2. The molecule has 1 N–H and O–H groups in total. The molecule has 0 aliphatic rings. The second-order valence-corrected chi connectivity index (χ2v) is 4.87. The van der Waals surface area contributed by atoms with Crippen LogP contribution in [0.4, 0.5) is 22.0 Å². The summed E-state index contributed by atoms with van der Waals surface area (Å²) in [6, 6.07) is 5.64. The normalized spacial score (nSPS) is 14.1. The molecule has 2 aromatic rings. The van der Waals surface area contributed by atoms with Crippen molar-refractivity contribution in [2.45, 2.75) is 11.6 Å². The fraction of sp³-hybridized carbons (Fsp3) is 0.188. The quantitative estimate of drug-likeness (QED) is 0.832. The first-order valence-electron chi connectivity index (χ1n) is 6.55. The van der Waals surface area contributed by atoms with Crippen molar-refractivity contribution < 1.29 is 36.6 Å². The minimum atomic E-state index is -4.89. The first-order valence-corrected chi connectivity index (χ1v) is 6.55. The number of benzene rings is 2. The molecule has 0 aromatic heterocycles. The number of carboxylic acid groups (broad SMARTS) is 1. The Morgan fingerprint density at radius 1 is 1.08 bits per heavy atom. The maximum absolute atomic E-state index is 15.0. The molecule has 8 heteroatoms. The van der Waals surface area contributed by atoms with Gasteiger partial charge in [0, 0.05) is 5.56 Å². The Bertz CT molecular complexity index is 778. The van der Waals surface area contributed by atoms with E-state index in [0.717, 1.165) is 24.3 Å². The van der Waals surface area contributed by atoms with Crippen molar-refractivity contribution in [2.24, 2.45) is 0 Å². The molecule has 0 saturated heterocycles. The van der Waals surface area contributed by atoms with Crippen LogP contribution in [0.3, 0.4) is 0 Å². The monoisotopic (exact) mass is 346 g/mol. The van der Waals surface area contributed by atoms with E-state index in [1.54, 1.807) is 0 Å². The van der Waals surface area contributed by atoms with Gasteiger partial charge in [-0.25, -0.2) is 18.0 Å². The van der Waals surface area contributed by atoms with Crippen LogP contribution in [0.5, 0.6) is 5.75 Å². The van der Waals surface area contributed by atoms with Crippen LogP contribution in [0.1, 0.15) is 11.1 Å². The Hall–Kier alpha value is -2.64. The number of rotatable bonds is 5. The fourth-order valence-corrected chi connectivity index (χ4v) is 2.21. The molecule has 0 bridgehead atoms. The molecule has 1 atom stereocenters. The van der Waals surface area contributed by atoms with Gasteiger partial charge in [-0.3, -0.25) is 0 Å². The highest BCUT2D eigenvalue weighted by Gasteiger charge is 2.64. The molecule has 1 unspecified atom stereocenters. The van der Waals surface area contributed by atoms with Gasteiger partial charge in [0.15, 0.2) is 11.6 Å². The molecule has 0 saturated carbocycles. The van der Waals surface area contributed by atoms with E-state index in [1.165, 1.54) is 13.2 Å². The highest BCUT2D eigenvalue weighted by atomic mass is 19.3.